The van der Waals surface area contributed by atoms with Crippen LogP contribution in [0.5, 0.6) is 0 Å². The molecule has 0 bridgehead atoms. The number of rotatable bonds is 5. The second-order valence-electron chi connectivity index (χ2n) is 3.67. The van der Waals surface area contributed by atoms with Gasteiger partial charge in [0.15, 0.2) is 0 Å². The summed E-state index contributed by atoms with van der Waals surface area (Å²) in [7, 11) is 0. The molecule has 1 saturated carbocycles. The Morgan fingerprint density at radius 1 is 1.55 bits per heavy atom. The zero-order valence-electron chi connectivity index (χ0n) is 7.10. The molecule has 0 aromatic rings. The third-order valence-corrected chi connectivity index (χ3v) is 2.54. The lowest BCUT2D eigenvalue weighted by atomic mass is 9.95. The second-order valence-corrected chi connectivity index (χ2v) is 3.67. The van der Waals surface area contributed by atoms with Crippen LogP contribution in [0.25, 0.3) is 0 Å². The Labute approximate surface area is 67.6 Å². The molecule has 0 radical (unpaired) electrons. The van der Waals surface area contributed by atoms with Crippen molar-refractivity contribution in [2.75, 3.05) is 0 Å². The van der Waals surface area contributed by atoms with Crippen molar-refractivity contribution in [1.29, 1.82) is 0 Å². The van der Waals surface area contributed by atoms with Crippen LogP contribution in [0.15, 0.2) is 0 Å². The molecule has 1 rings (SSSR count). The molecule has 1 N–H and O–H groups in total. The Balaban J connectivity index is 2.23. The topological polar surface area (TPSA) is 37.3 Å². The first-order valence-corrected chi connectivity index (χ1v) is 4.40. The van der Waals surface area contributed by atoms with Crippen molar-refractivity contribution in [1.82, 2.24) is 0 Å². The highest BCUT2D eigenvalue weighted by Gasteiger charge is 2.43. The zero-order valence-corrected chi connectivity index (χ0v) is 7.10. The first kappa shape index (κ1) is 8.57. The SMILES string of the molecule is CCCCC1(CC(=O)O)CC1. The summed E-state index contributed by atoms with van der Waals surface area (Å²) in [6, 6.07) is 0. The number of aliphatic carboxylic acids is 1. The first-order valence-electron chi connectivity index (χ1n) is 4.40. The van der Waals surface area contributed by atoms with Crippen molar-refractivity contribution in [2.45, 2.75) is 45.4 Å². The van der Waals surface area contributed by atoms with Crippen molar-refractivity contribution in [2.24, 2.45) is 5.41 Å². The lowest BCUT2D eigenvalue weighted by Crippen LogP contribution is -2.07. The van der Waals surface area contributed by atoms with Crippen molar-refractivity contribution in [3.8, 4) is 0 Å². The lowest BCUT2D eigenvalue weighted by Gasteiger charge is -2.10. The Bertz CT molecular complexity index is 148. The van der Waals surface area contributed by atoms with Crippen LogP contribution in [0.2, 0.25) is 0 Å². The molecule has 1 aliphatic carbocycles. The van der Waals surface area contributed by atoms with E-state index in [2.05, 4.69) is 6.92 Å². The van der Waals surface area contributed by atoms with Crippen LogP contribution in [-0.2, 0) is 4.79 Å². The van der Waals surface area contributed by atoms with E-state index in [1.54, 1.807) is 0 Å². The first-order chi connectivity index (χ1) is 5.18. The Morgan fingerprint density at radius 3 is 2.55 bits per heavy atom. The van der Waals surface area contributed by atoms with Crippen molar-refractivity contribution in [3.05, 3.63) is 0 Å². The summed E-state index contributed by atoms with van der Waals surface area (Å²) in [5.74, 6) is -0.626. The second kappa shape index (κ2) is 3.24. The van der Waals surface area contributed by atoms with Gasteiger partial charge in [0.25, 0.3) is 0 Å². The average molecular weight is 156 g/mol. The van der Waals surface area contributed by atoms with Crippen LogP contribution >= 0.6 is 0 Å². The monoisotopic (exact) mass is 156 g/mol. The maximum absolute atomic E-state index is 10.4. The number of carbonyl (C=O) groups is 1. The summed E-state index contributed by atoms with van der Waals surface area (Å²) < 4.78 is 0. The summed E-state index contributed by atoms with van der Waals surface area (Å²) in [6.45, 7) is 2.15. The minimum Gasteiger partial charge on any atom is -0.481 e. The molecule has 64 valence electrons. The van der Waals surface area contributed by atoms with Gasteiger partial charge in [0.1, 0.15) is 0 Å². The number of hydrogen-bond acceptors (Lipinski definition) is 1. The third kappa shape index (κ3) is 2.52. The zero-order chi connectivity index (χ0) is 8.32. The molecule has 0 saturated heterocycles. The van der Waals surface area contributed by atoms with Crippen LogP contribution in [0.1, 0.15) is 45.4 Å². The predicted octanol–water partition coefficient (Wildman–Crippen LogP) is 2.43. The summed E-state index contributed by atoms with van der Waals surface area (Å²) >= 11 is 0. The van der Waals surface area contributed by atoms with Crippen molar-refractivity contribution < 1.29 is 9.90 Å². The van der Waals surface area contributed by atoms with Gasteiger partial charge in [-0.15, -0.1) is 0 Å². The molecule has 0 spiro atoms. The Kier molecular flexibility index (Phi) is 2.53. The Morgan fingerprint density at radius 2 is 2.18 bits per heavy atom. The third-order valence-electron chi connectivity index (χ3n) is 2.54. The number of carboxylic acid groups (broad SMARTS) is 1. The van der Waals surface area contributed by atoms with Gasteiger partial charge in [-0.2, -0.15) is 0 Å². The van der Waals surface area contributed by atoms with Gasteiger partial charge in [0.05, 0.1) is 6.42 Å². The summed E-state index contributed by atoms with van der Waals surface area (Å²) in [5, 5.41) is 8.59. The molecule has 0 unspecified atom stereocenters. The molecular formula is C9H16O2. The van der Waals surface area contributed by atoms with E-state index in [0.717, 1.165) is 19.3 Å². The molecular weight excluding hydrogens is 140 g/mol. The van der Waals surface area contributed by atoms with Crippen molar-refractivity contribution >= 4 is 5.97 Å². The molecule has 1 aliphatic rings. The molecule has 0 heterocycles. The number of unbranched alkanes of at least 4 members (excludes halogenated alkanes) is 1. The van der Waals surface area contributed by atoms with Crippen LogP contribution in [0.4, 0.5) is 0 Å². The van der Waals surface area contributed by atoms with Gasteiger partial charge in [0, 0.05) is 0 Å². The van der Waals surface area contributed by atoms with Gasteiger partial charge in [0.2, 0.25) is 0 Å². The predicted molar refractivity (Wildman–Crippen MR) is 43.4 cm³/mol. The van der Waals surface area contributed by atoms with Crippen molar-refractivity contribution in [3.63, 3.8) is 0 Å². The normalized spacial score (nSPS) is 19.7. The minimum atomic E-state index is -0.626. The largest absolute Gasteiger partial charge is 0.481 e. The smallest absolute Gasteiger partial charge is 0.303 e. The van der Waals surface area contributed by atoms with E-state index in [9.17, 15) is 4.79 Å². The van der Waals surface area contributed by atoms with Gasteiger partial charge in [-0.05, 0) is 24.7 Å². The highest BCUT2D eigenvalue weighted by molar-refractivity contribution is 5.68. The van der Waals surface area contributed by atoms with Gasteiger partial charge >= 0.3 is 5.97 Å². The van der Waals surface area contributed by atoms with Gasteiger partial charge in [-0.3, -0.25) is 4.79 Å². The number of carboxylic acids is 1. The van der Waals surface area contributed by atoms with Crippen LogP contribution in [-0.4, -0.2) is 11.1 Å². The van der Waals surface area contributed by atoms with E-state index in [1.165, 1.54) is 12.8 Å². The quantitative estimate of drug-likeness (QED) is 0.663. The number of hydrogen-bond donors (Lipinski definition) is 1. The Hall–Kier alpha value is -0.530. The van der Waals surface area contributed by atoms with Gasteiger partial charge < -0.3 is 5.11 Å². The summed E-state index contributed by atoms with van der Waals surface area (Å²) in [6.07, 6.45) is 6.16. The average Bonchev–Trinajstić information content (AvgIpc) is 2.64. The molecule has 11 heavy (non-hydrogen) atoms. The molecule has 0 aliphatic heterocycles. The maximum Gasteiger partial charge on any atom is 0.303 e. The van der Waals surface area contributed by atoms with E-state index in [0.29, 0.717) is 6.42 Å². The standard InChI is InChI=1S/C9H16O2/c1-2-3-4-9(5-6-9)7-8(10)11/h2-7H2,1H3,(H,10,11). The molecule has 0 amide bonds. The fourth-order valence-electron chi connectivity index (χ4n) is 1.56. The van der Waals surface area contributed by atoms with Gasteiger partial charge in [-0.1, -0.05) is 19.8 Å². The summed E-state index contributed by atoms with van der Waals surface area (Å²) in [4.78, 5) is 10.4. The van der Waals surface area contributed by atoms with E-state index in [4.69, 9.17) is 5.11 Å². The minimum absolute atomic E-state index is 0.224. The molecule has 0 atom stereocenters. The highest BCUT2D eigenvalue weighted by atomic mass is 16.4. The lowest BCUT2D eigenvalue weighted by molar-refractivity contribution is -0.138. The fraction of sp³-hybridized carbons (Fsp3) is 0.889. The maximum atomic E-state index is 10.4. The summed E-state index contributed by atoms with van der Waals surface area (Å²) in [5.41, 5.74) is 0.224. The molecule has 0 aromatic heterocycles. The van der Waals surface area contributed by atoms with Crippen LogP contribution in [0, 0.1) is 5.41 Å². The van der Waals surface area contributed by atoms with E-state index < -0.39 is 5.97 Å². The van der Waals surface area contributed by atoms with Gasteiger partial charge in [-0.25, -0.2) is 0 Å². The fourth-order valence-corrected chi connectivity index (χ4v) is 1.56. The highest BCUT2D eigenvalue weighted by Crippen LogP contribution is 2.52. The van der Waals surface area contributed by atoms with E-state index in [1.807, 2.05) is 0 Å². The molecule has 2 nitrogen and oxygen atoms in total. The van der Waals surface area contributed by atoms with Crippen LogP contribution < -0.4 is 0 Å². The molecule has 1 fully saturated rings. The van der Waals surface area contributed by atoms with E-state index in [-0.39, 0.29) is 5.41 Å². The molecule has 2 heteroatoms. The molecule has 0 aromatic carbocycles. The van der Waals surface area contributed by atoms with E-state index >= 15 is 0 Å². The van der Waals surface area contributed by atoms with Crippen LogP contribution in [0.3, 0.4) is 0 Å².